The third-order valence-corrected chi connectivity index (χ3v) is 13.5. The van der Waals surface area contributed by atoms with Gasteiger partial charge in [-0.3, -0.25) is 9.59 Å². The summed E-state index contributed by atoms with van der Waals surface area (Å²) in [4.78, 5) is 76.8. The number of hydrogen-bond acceptors (Lipinski definition) is 11. The van der Waals surface area contributed by atoms with E-state index in [2.05, 4.69) is 50.1 Å². The maximum absolute atomic E-state index is 13.7. The summed E-state index contributed by atoms with van der Waals surface area (Å²) in [5, 5.41) is 27.6. The number of aliphatic hydroxyl groups is 1. The molecular weight excluding hydrogens is 1080 g/mol. The molecule has 17 heteroatoms. The van der Waals surface area contributed by atoms with E-state index < -0.39 is 30.0 Å². The highest BCUT2D eigenvalue weighted by Crippen LogP contribution is 2.19. The summed E-state index contributed by atoms with van der Waals surface area (Å²) in [6.07, 6.45) is 5.62. The van der Waals surface area contributed by atoms with Gasteiger partial charge in [0.25, 0.3) is 11.8 Å². The second kappa shape index (κ2) is 36.1. The van der Waals surface area contributed by atoms with Crippen LogP contribution in [0.1, 0.15) is 136 Å². The van der Waals surface area contributed by atoms with Gasteiger partial charge in [-0.15, -0.1) is 0 Å². The molecule has 6 aromatic carbocycles. The molecule has 0 bridgehead atoms. The van der Waals surface area contributed by atoms with Crippen molar-refractivity contribution in [2.75, 3.05) is 39.3 Å². The number of aryl methyl sites for hydroxylation is 6. The highest BCUT2D eigenvalue weighted by molar-refractivity contribution is 5.95. The zero-order chi connectivity index (χ0) is 60.5. The van der Waals surface area contributed by atoms with E-state index in [9.17, 15) is 33.9 Å². The van der Waals surface area contributed by atoms with Crippen molar-refractivity contribution in [3.8, 4) is 0 Å². The average Bonchev–Trinajstić information content (AvgIpc) is 3.58. The fourth-order valence-electron chi connectivity index (χ4n) is 9.35. The average molecular weight is 1160 g/mol. The number of aliphatic hydroxyl groups excluding tert-OH is 1. The molecule has 0 saturated carbocycles. The molecule has 6 aromatic rings. The van der Waals surface area contributed by atoms with Gasteiger partial charge in [0.1, 0.15) is 25.4 Å². The van der Waals surface area contributed by atoms with Crippen LogP contribution in [0.25, 0.3) is 0 Å². The number of nitrogens with one attached hydrogen (secondary N) is 6. The lowest BCUT2D eigenvalue weighted by atomic mass is 9.98. The number of hydrogen-bond donors (Lipinski definition) is 7. The van der Waals surface area contributed by atoms with Gasteiger partial charge in [-0.2, -0.15) is 0 Å². The zero-order valence-corrected chi connectivity index (χ0v) is 49.4. The number of amides is 6. The lowest BCUT2D eigenvalue weighted by Crippen LogP contribution is -2.33. The molecule has 0 aliphatic carbocycles. The van der Waals surface area contributed by atoms with Crippen LogP contribution in [0.5, 0.6) is 0 Å². The minimum atomic E-state index is -0.606. The van der Waals surface area contributed by atoms with Gasteiger partial charge in [-0.1, -0.05) is 121 Å². The highest BCUT2D eigenvalue weighted by Gasteiger charge is 2.17. The van der Waals surface area contributed by atoms with E-state index in [4.69, 9.17) is 18.9 Å². The van der Waals surface area contributed by atoms with Crippen molar-refractivity contribution in [3.05, 3.63) is 212 Å². The Balaban J connectivity index is 0.976. The van der Waals surface area contributed by atoms with Crippen LogP contribution in [-0.4, -0.2) is 86.2 Å². The highest BCUT2D eigenvalue weighted by atomic mass is 16.6. The summed E-state index contributed by atoms with van der Waals surface area (Å²) in [6.45, 7) is 8.25. The summed E-state index contributed by atoms with van der Waals surface area (Å²) in [6, 6.07) is 46.1. The Morgan fingerprint density at radius 2 is 0.600 bits per heavy atom. The topological polar surface area (TPSA) is 232 Å². The molecule has 0 heterocycles. The summed E-state index contributed by atoms with van der Waals surface area (Å²) >= 11 is 0. The Hall–Kier alpha value is -8.70. The summed E-state index contributed by atoms with van der Waals surface area (Å²) in [7, 11) is 0. The monoisotopic (exact) mass is 1160 g/mol. The van der Waals surface area contributed by atoms with Crippen LogP contribution in [0.2, 0.25) is 0 Å². The zero-order valence-electron chi connectivity index (χ0n) is 49.4. The second-order valence-corrected chi connectivity index (χ2v) is 21.9. The van der Waals surface area contributed by atoms with Crippen molar-refractivity contribution < 1.29 is 52.8 Å². The standard InChI is InChI=1S/C68H84N6O11/c1-68(2,3)85-67(81)74-36-18-30-58-39-57(29-17-35-73-66(80)84-49-52-23-11-6-12-24-52)44-61(45-58)63(77)70-32-14-26-54-37-53(40-59(41-54)46-75)25-13-31-69-62(76)60-42-55(27-15-33-71-64(78)82-47-50-19-7-4-8-20-50)38-56(43-60)28-16-34-72-65(79)83-48-51-21-9-5-10-22-51/h4-12,19-24,37-45,75H,13-18,25-36,46-49H2,1-3H3,(H,69,76)(H,70,77)(H,71,78)(H,72,79)(H,73,80)(H,74,81). The van der Waals surface area contributed by atoms with Crippen LogP contribution in [0.3, 0.4) is 0 Å². The molecule has 0 aliphatic heterocycles. The third kappa shape index (κ3) is 26.6. The predicted molar refractivity (Wildman–Crippen MR) is 328 cm³/mol. The molecular formula is C68H84N6O11. The summed E-state index contributed by atoms with van der Waals surface area (Å²) in [5.74, 6) is -0.410. The van der Waals surface area contributed by atoms with E-state index in [1.165, 1.54) is 0 Å². The van der Waals surface area contributed by atoms with Crippen LogP contribution in [0.4, 0.5) is 19.2 Å². The van der Waals surface area contributed by atoms with E-state index >= 15 is 0 Å². The third-order valence-electron chi connectivity index (χ3n) is 13.5. The van der Waals surface area contributed by atoms with E-state index in [0.29, 0.717) is 127 Å². The Bertz CT molecular complexity index is 2960. The Morgan fingerprint density at radius 1 is 0.341 bits per heavy atom. The van der Waals surface area contributed by atoms with Gasteiger partial charge in [0.15, 0.2) is 0 Å². The molecule has 7 N–H and O–H groups in total. The predicted octanol–water partition coefficient (Wildman–Crippen LogP) is 10.9. The van der Waals surface area contributed by atoms with Crippen molar-refractivity contribution in [3.63, 3.8) is 0 Å². The van der Waals surface area contributed by atoms with Crippen molar-refractivity contribution in [2.45, 2.75) is 130 Å². The lowest BCUT2D eigenvalue weighted by molar-refractivity contribution is 0.0526. The van der Waals surface area contributed by atoms with Gasteiger partial charge in [-0.25, -0.2) is 19.2 Å². The number of ether oxygens (including phenoxy) is 4. The maximum atomic E-state index is 13.7. The maximum Gasteiger partial charge on any atom is 0.407 e. The van der Waals surface area contributed by atoms with Crippen molar-refractivity contribution in [1.82, 2.24) is 31.9 Å². The van der Waals surface area contributed by atoms with Gasteiger partial charge in [0, 0.05) is 50.4 Å². The minimum absolute atomic E-state index is 0.125. The Kier molecular flexibility index (Phi) is 27.8. The van der Waals surface area contributed by atoms with Crippen molar-refractivity contribution >= 4 is 36.2 Å². The molecule has 0 fully saturated rings. The number of benzene rings is 6. The molecule has 0 aromatic heterocycles. The SMILES string of the molecule is CC(C)(C)OC(=O)NCCCc1cc(CCCNC(=O)OCc2ccccc2)cc(C(=O)NCCCc2cc(CO)cc(CCCNC(=O)c3cc(CCCNC(=O)OCc4ccccc4)cc(CCCNC(=O)OCc4ccccc4)c3)c2)c1. The first-order valence-corrected chi connectivity index (χ1v) is 29.5. The van der Waals surface area contributed by atoms with E-state index in [1.807, 2.05) is 148 Å². The Morgan fingerprint density at radius 3 is 0.882 bits per heavy atom. The first-order chi connectivity index (χ1) is 41.2. The van der Waals surface area contributed by atoms with Gasteiger partial charge in [-0.05, 0) is 178 Å². The quantitative estimate of drug-likeness (QED) is 0.0151. The lowest BCUT2D eigenvalue weighted by Gasteiger charge is -2.19. The fourth-order valence-corrected chi connectivity index (χ4v) is 9.35. The Labute approximate surface area is 500 Å². The second-order valence-electron chi connectivity index (χ2n) is 21.9. The molecule has 6 amide bonds. The molecule has 452 valence electrons. The molecule has 0 radical (unpaired) electrons. The molecule has 0 saturated heterocycles. The molecule has 0 atom stereocenters. The van der Waals surface area contributed by atoms with Crippen LogP contribution < -0.4 is 31.9 Å². The minimum Gasteiger partial charge on any atom is -0.445 e. The van der Waals surface area contributed by atoms with Gasteiger partial charge < -0.3 is 56.0 Å². The first kappa shape index (κ1) is 65.5. The number of carbonyl (C=O) groups excluding carboxylic acids is 6. The number of rotatable bonds is 33. The van der Waals surface area contributed by atoms with Crippen molar-refractivity contribution in [2.24, 2.45) is 0 Å². The smallest absolute Gasteiger partial charge is 0.407 e. The number of alkyl carbamates (subject to hydrolysis) is 4. The summed E-state index contributed by atoms with van der Waals surface area (Å²) < 4.78 is 21.4. The van der Waals surface area contributed by atoms with E-state index in [-0.39, 0.29) is 38.2 Å². The van der Waals surface area contributed by atoms with E-state index in [0.717, 1.165) is 55.6 Å². The van der Waals surface area contributed by atoms with Gasteiger partial charge >= 0.3 is 24.4 Å². The van der Waals surface area contributed by atoms with Crippen LogP contribution in [-0.2, 0) is 83.9 Å². The van der Waals surface area contributed by atoms with Crippen LogP contribution in [0.15, 0.2) is 146 Å². The summed E-state index contributed by atoms with van der Waals surface area (Å²) in [5.41, 5.74) is 9.79. The molecule has 0 spiro atoms. The van der Waals surface area contributed by atoms with Crippen molar-refractivity contribution in [1.29, 1.82) is 0 Å². The normalized spacial score (nSPS) is 11.0. The van der Waals surface area contributed by atoms with Crippen LogP contribution in [0, 0.1) is 0 Å². The van der Waals surface area contributed by atoms with Gasteiger partial charge in [0.2, 0.25) is 0 Å². The van der Waals surface area contributed by atoms with Gasteiger partial charge in [0.05, 0.1) is 6.61 Å². The molecule has 6 rings (SSSR count). The molecule has 0 unspecified atom stereocenters. The van der Waals surface area contributed by atoms with Crippen LogP contribution >= 0.6 is 0 Å². The first-order valence-electron chi connectivity index (χ1n) is 29.5. The molecule has 17 nitrogen and oxygen atoms in total. The molecule has 85 heavy (non-hydrogen) atoms. The fraction of sp³-hybridized carbons (Fsp3) is 0.382. The number of carbonyl (C=O) groups is 6. The largest absolute Gasteiger partial charge is 0.445 e. The van der Waals surface area contributed by atoms with E-state index in [1.54, 1.807) is 0 Å². The molecule has 0 aliphatic rings.